The van der Waals surface area contributed by atoms with Crippen LogP contribution in [0.2, 0.25) is 0 Å². The maximum Gasteiger partial charge on any atom is 0.442 e. The Morgan fingerprint density at radius 1 is 1.16 bits per heavy atom. The van der Waals surface area contributed by atoms with Crippen LogP contribution >= 0.6 is 11.8 Å². The average Bonchev–Trinajstić information content (AvgIpc) is 2.98. The lowest BCUT2D eigenvalue weighted by molar-refractivity contribution is -0.704. The molecule has 1 unspecified atom stereocenters. The SMILES string of the molecule is Cc1ccccc1NC(=O)C(C)Sc1c(=O)o[nH][n+]1-c1ccccc1. The van der Waals surface area contributed by atoms with Crippen LogP contribution in [0.15, 0.2) is 68.9 Å². The number of aromatic amines is 1. The van der Waals surface area contributed by atoms with E-state index >= 15 is 0 Å². The van der Waals surface area contributed by atoms with Gasteiger partial charge in [0, 0.05) is 17.8 Å². The van der Waals surface area contributed by atoms with Crippen molar-refractivity contribution in [3.63, 3.8) is 0 Å². The van der Waals surface area contributed by atoms with Crippen molar-refractivity contribution in [2.24, 2.45) is 0 Å². The van der Waals surface area contributed by atoms with Gasteiger partial charge in [-0.25, -0.2) is 4.79 Å². The molecule has 128 valence electrons. The second kappa shape index (κ2) is 7.40. The van der Waals surface area contributed by atoms with Gasteiger partial charge >= 0.3 is 10.7 Å². The number of rotatable bonds is 5. The number of nitrogens with zero attached hydrogens (tertiary/aromatic N) is 1. The highest BCUT2D eigenvalue weighted by atomic mass is 32.2. The maximum absolute atomic E-state index is 12.5. The number of nitrogens with one attached hydrogen (secondary N) is 2. The Morgan fingerprint density at radius 2 is 1.84 bits per heavy atom. The predicted octanol–water partition coefficient (Wildman–Crippen LogP) is 2.67. The first-order valence-electron chi connectivity index (χ1n) is 7.78. The summed E-state index contributed by atoms with van der Waals surface area (Å²) in [5.41, 5.74) is 1.98. The zero-order valence-corrected chi connectivity index (χ0v) is 14.7. The van der Waals surface area contributed by atoms with Crippen LogP contribution in [0.3, 0.4) is 0 Å². The minimum atomic E-state index is -0.510. The third kappa shape index (κ3) is 3.83. The van der Waals surface area contributed by atoms with Crippen molar-refractivity contribution < 1.29 is 14.0 Å². The van der Waals surface area contributed by atoms with Crippen LogP contribution in [0.4, 0.5) is 5.69 Å². The first-order chi connectivity index (χ1) is 12.1. The van der Waals surface area contributed by atoms with Gasteiger partial charge in [0.2, 0.25) is 11.6 Å². The van der Waals surface area contributed by atoms with Crippen LogP contribution in [-0.4, -0.2) is 16.4 Å². The topological polar surface area (TPSA) is 79.0 Å². The summed E-state index contributed by atoms with van der Waals surface area (Å²) in [5, 5.41) is 5.30. The number of hydrogen-bond donors (Lipinski definition) is 2. The van der Waals surface area contributed by atoms with Gasteiger partial charge in [0.1, 0.15) is 0 Å². The van der Waals surface area contributed by atoms with E-state index in [1.165, 1.54) is 4.68 Å². The molecule has 3 rings (SSSR count). The number of carbonyl (C=O) groups excluding carboxylic acids is 1. The molecular formula is C18H18N3O3S+. The highest BCUT2D eigenvalue weighted by Gasteiger charge is 2.28. The molecule has 0 fully saturated rings. The van der Waals surface area contributed by atoms with Gasteiger partial charge in [-0.15, -0.1) is 0 Å². The number of aromatic nitrogens is 2. The summed E-state index contributed by atoms with van der Waals surface area (Å²) in [5.74, 6) is -0.181. The Balaban J connectivity index is 1.79. The van der Waals surface area contributed by atoms with Crippen molar-refractivity contribution >= 4 is 23.4 Å². The van der Waals surface area contributed by atoms with Crippen LogP contribution in [0.5, 0.6) is 0 Å². The summed E-state index contributed by atoms with van der Waals surface area (Å²) < 4.78 is 6.43. The monoisotopic (exact) mass is 356 g/mol. The predicted molar refractivity (Wildman–Crippen MR) is 96.0 cm³/mol. The van der Waals surface area contributed by atoms with Crippen molar-refractivity contribution in [2.45, 2.75) is 24.1 Å². The molecule has 1 atom stereocenters. The normalized spacial score (nSPS) is 11.9. The zero-order valence-electron chi connectivity index (χ0n) is 13.9. The van der Waals surface area contributed by atoms with Gasteiger partial charge in [-0.05, 0) is 47.2 Å². The number of amides is 1. The Labute approximate surface area is 148 Å². The lowest BCUT2D eigenvalue weighted by atomic mass is 10.2. The molecule has 0 aliphatic rings. The number of thioether (sulfide) groups is 1. The van der Waals surface area contributed by atoms with E-state index in [0.29, 0.717) is 5.03 Å². The van der Waals surface area contributed by atoms with Crippen LogP contribution in [0.25, 0.3) is 5.69 Å². The number of carbonyl (C=O) groups is 1. The van der Waals surface area contributed by atoms with E-state index in [-0.39, 0.29) is 5.91 Å². The number of para-hydroxylation sites is 2. The molecule has 1 amide bonds. The van der Waals surface area contributed by atoms with E-state index in [1.807, 2.05) is 61.5 Å². The van der Waals surface area contributed by atoms with E-state index in [9.17, 15) is 9.59 Å². The Kier molecular flexibility index (Phi) is 5.04. The zero-order chi connectivity index (χ0) is 17.8. The van der Waals surface area contributed by atoms with E-state index in [4.69, 9.17) is 4.52 Å². The van der Waals surface area contributed by atoms with Crippen LogP contribution in [0.1, 0.15) is 12.5 Å². The van der Waals surface area contributed by atoms with Crippen LogP contribution in [0, 0.1) is 6.92 Å². The maximum atomic E-state index is 12.5. The third-order valence-corrected chi connectivity index (χ3v) is 4.82. The largest absolute Gasteiger partial charge is 0.442 e. The van der Waals surface area contributed by atoms with E-state index in [0.717, 1.165) is 28.7 Å². The summed E-state index contributed by atoms with van der Waals surface area (Å²) in [6.07, 6.45) is 0. The Morgan fingerprint density at radius 3 is 2.56 bits per heavy atom. The molecule has 1 aromatic heterocycles. The smallest absolute Gasteiger partial charge is 0.325 e. The third-order valence-electron chi connectivity index (χ3n) is 3.68. The van der Waals surface area contributed by atoms with E-state index < -0.39 is 10.9 Å². The molecule has 1 heterocycles. The van der Waals surface area contributed by atoms with Crippen LogP contribution < -0.4 is 15.6 Å². The van der Waals surface area contributed by atoms with Crippen LogP contribution in [-0.2, 0) is 4.79 Å². The highest BCUT2D eigenvalue weighted by molar-refractivity contribution is 8.00. The fraction of sp³-hybridized carbons (Fsp3) is 0.167. The average molecular weight is 356 g/mol. The molecule has 3 aromatic rings. The minimum Gasteiger partial charge on any atom is -0.325 e. The first kappa shape index (κ1) is 17.0. The second-order valence-electron chi connectivity index (χ2n) is 5.52. The van der Waals surface area contributed by atoms with Gasteiger partial charge < -0.3 is 5.32 Å². The number of H-pyrrole nitrogens is 1. The van der Waals surface area contributed by atoms with Gasteiger partial charge in [-0.3, -0.25) is 9.32 Å². The summed E-state index contributed by atoms with van der Waals surface area (Å²) >= 11 is 1.14. The number of hydrogen-bond acceptors (Lipinski definition) is 4. The summed E-state index contributed by atoms with van der Waals surface area (Å²) in [4.78, 5) is 24.5. The van der Waals surface area contributed by atoms with Crippen molar-refractivity contribution in [3.05, 3.63) is 70.6 Å². The molecule has 25 heavy (non-hydrogen) atoms. The molecule has 2 N–H and O–H groups in total. The lowest BCUT2D eigenvalue weighted by Crippen LogP contribution is -2.37. The summed E-state index contributed by atoms with van der Waals surface area (Å²) in [6.45, 7) is 3.68. The van der Waals surface area contributed by atoms with Gasteiger partial charge in [0.15, 0.2) is 0 Å². The molecule has 0 aliphatic heterocycles. The molecule has 0 aliphatic carbocycles. The standard InChI is InChI=1S/C18H17N3O3S/c1-12-8-6-7-11-15(12)19-16(22)13(2)25-17-18(23)24-20-21(17)14-9-4-3-5-10-14/h3-11,13H,1-2H3,(H-,19,20,22,23)/p+1. The first-order valence-corrected chi connectivity index (χ1v) is 8.66. The minimum absolute atomic E-state index is 0.181. The Bertz CT molecular complexity index is 934. The molecule has 0 saturated heterocycles. The second-order valence-corrected chi connectivity index (χ2v) is 6.85. The molecule has 0 bridgehead atoms. The fourth-order valence-corrected chi connectivity index (χ4v) is 3.17. The molecule has 0 radical (unpaired) electrons. The Hall–Kier alpha value is -2.80. The van der Waals surface area contributed by atoms with Crippen molar-refractivity contribution in [2.75, 3.05) is 5.32 Å². The molecular weight excluding hydrogens is 338 g/mol. The number of benzene rings is 2. The summed E-state index contributed by atoms with van der Waals surface area (Å²) in [6, 6.07) is 16.8. The number of aryl methyl sites for hydroxylation is 1. The van der Waals surface area contributed by atoms with Crippen molar-refractivity contribution in [3.8, 4) is 5.69 Å². The quantitative estimate of drug-likeness (QED) is 0.544. The van der Waals surface area contributed by atoms with E-state index in [1.54, 1.807) is 6.92 Å². The molecule has 7 heteroatoms. The van der Waals surface area contributed by atoms with Crippen molar-refractivity contribution in [1.29, 1.82) is 0 Å². The molecule has 2 aromatic carbocycles. The van der Waals surface area contributed by atoms with E-state index in [2.05, 4.69) is 10.6 Å². The highest BCUT2D eigenvalue weighted by Crippen LogP contribution is 2.21. The molecule has 0 spiro atoms. The summed E-state index contributed by atoms with van der Waals surface area (Å²) in [7, 11) is 0. The van der Waals surface area contributed by atoms with Gasteiger partial charge in [0.25, 0.3) is 0 Å². The lowest BCUT2D eigenvalue weighted by Gasteiger charge is -2.11. The van der Waals surface area contributed by atoms with Gasteiger partial charge in [-0.2, -0.15) is 0 Å². The fourth-order valence-electron chi connectivity index (χ4n) is 2.28. The number of anilines is 1. The van der Waals surface area contributed by atoms with Crippen molar-refractivity contribution in [1.82, 2.24) is 5.27 Å². The molecule has 6 nitrogen and oxygen atoms in total. The molecule has 0 saturated carbocycles. The van der Waals surface area contributed by atoms with Gasteiger partial charge in [-0.1, -0.05) is 36.4 Å². The van der Waals surface area contributed by atoms with Gasteiger partial charge in [0.05, 0.1) is 5.25 Å².